The minimum absolute atomic E-state index is 0.259. The van der Waals surface area contributed by atoms with Crippen molar-refractivity contribution in [2.24, 2.45) is 27.6 Å². The first kappa shape index (κ1) is 34.7. The van der Waals surface area contributed by atoms with Crippen molar-refractivity contribution in [1.82, 2.24) is 0 Å². The predicted molar refractivity (Wildman–Crippen MR) is 176 cm³/mol. The molecule has 3 heterocycles. The highest BCUT2D eigenvalue weighted by Gasteiger charge is 2.66. The first-order valence-electron chi connectivity index (χ1n) is 18.7. The van der Waals surface area contributed by atoms with E-state index in [1.807, 2.05) is 0 Å². The molecule has 262 valence electrons. The molecule has 1 N–H and O–H groups in total. The Morgan fingerprint density at radius 1 is 0.674 bits per heavy atom. The first-order valence-corrected chi connectivity index (χ1v) is 18.7. The highest BCUT2D eigenvalue weighted by Crippen LogP contribution is 2.68. The average molecular weight is 647 g/mol. The van der Waals surface area contributed by atoms with E-state index in [0.29, 0.717) is 34.7 Å². The standard InChI is InChI=1S/C38H62O8/c1-5-33(23-41-24-33)11-8-14-44-31(29(4)32(39)40)36-17-30-18-37(20-36,45-15-9-12-34(6-2)25-42-26-34)22-38(19-30,21-36)46-16-10-13-35(7-3)27-43-28-35/h30H,5-28H2,1-4H3,(H,39,40). The summed E-state index contributed by atoms with van der Waals surface area (Å²) < 4.78 is 37.4. The molecule has 2 atom stereocenters. The molecule has 2 unspecified atom stereocenters. The Morgan fingerprint density at radius 2 is 1.11 bits per heavy atom. The lowest BCUT2D eigenvalue weighted by Gasteiger charge is -2.66. The van der Waals surface area contributed by atoms with Gasteiger partial charge in [-0.25, -0.2) is 4.79 Å². The Balaban J connectivity index is 1.19. The summed E-state index contributed by atoms with van der Waals surface area (Å²) in [6.07, 6.45) is 15.3. The van der Waals surface area contributed by atoms with Crippen molar-refractivity contribution in [1.29, 1.82) is 0 Å². The van der Waals surface area contributed by atoms with Gasteiger partial charge in [0.15, 0.2) is 0 Å². The zero-order valence-corrected chi connectivity index (χ0v) is 29.4. The summed E-state index contributed by atoms with van der Waals surface area (Å²) >= 11 is 0. The third-order valence-corrected chi connectivity index (χ3v) is 13.4. The fraction of sp³-hybridized carbons (Fsp3) is 0.921. The van der Waals surface area contributed by atoms with Crippen LogP contribution in [0.15, 0.2) is 11.3 Å². The van der Waals surface area contributed by atoms with Crippen molar-refractivity contribution in [3.8, 4) is 0 Å². The second kappa shape index (κ2) is 13.6. The monoisotopic (exact) mass is 646 g/mol. The van der Waals surface area contributed by atoms with E-state index in [1.54, 1.807) is 6.92 Å². The smallest absolute Gasteiger partial charge is 0.334 e. The maximum atomic E-state index is 12.6. The summed E-state index contributed by atoms with van der Waals surface area (Å²) in [5.41, 5.74) is 0.283. The Bertz CT molecular complexity index is 1040. The van der Waals surface area contributed by atoms with Crippen LogP contribution >= 0.6 is 0 Å². The molecule has 7 fully saturated rings. The van der Waals surface area contributed by atoms with Gasteiger partial charge in [0, 0.05) is 41.3 Å². The van der Waals surface area contributed by atoms with Crippen molar-refractivity contribution in [3.63, 3.8) is 0 Å². The average Bonchev–Trinajstić information content (AvgIpc) is 2.95. The molecule has 4 aliphatic carbocycles. The van der Waals surface area contributed by atoms with Gasteiger partial charge in [0.05, 0.1) is 63.0 Å². The molecule has 0 aromatic heterocycles. The maximum absolute atomic E-state index is 12.6. The van der Waals surface area contributed by atoms with Crippen molar-refractivity contribution >= 4 is 5.97 Å². The molecule has 3 aliphatic heterocycles. The van der Waals surface area contributed by atoms with Crippen LogP contribution in [0.2, 0.25) is 0 Å². The summed E-state index contributed by atoms with van der Waals surface area (Å²) in [6.45, 7) is 15.7. The van der Waals surface area contributed by atoms with Crippen molar-refractivity contribution in [3.05, 3.63) is 11.3 Å². The second-order valence-corrected chi connectivity index (χ2v) is 16.8. The minimum atomic E-state index is -0.881. The van der Waals surface area contributed by atoms with Gasteiger partial charge in [-0.1, -0.05) is 20.8 Å². The quantitative estimate of drug-likeness (QED) is 0.0827. The molecule has 0 spiro atoms. The van der Waals surface area contributed by atoms with Gasteiger partial charge >= 0.3 is 5.97 Å². The van der Waals surface area contributed by atoms with Gasteiger partial charge in [0.1, 0.15) is 5.76 Å². The maximum Gasteiger partial charge on any atom is 0.334 e. The number of carboxylic acid groups (broad SMARTS) is 1. The highest BCUT2D eigenvalue weighted by molar-refractivity contribution is 5.86. The van der Waals surface area contributed by atoms with Crippen molar-refractivity contribution in [2.75, 3.05) is 59.5 Å². The van der Waals surface area contributed by atoms with Gasteiger partial charge < -0.3 is 33.5 Å². The Hall–Kier alpha value is -1.19. The third-order valence-electron chi connectivity index (χ3n) is 13.4. The number of rotatable bonds is 20. The number of ether oxygens (including phenoxy) is 6. The van der Waals surface area contributed by atoms with E-state index in [4.69, 9.17) is 28.4 Å². The summed E-state index contributed by atoms with van der Waals surface area (Å²) in [4.78, 5) is 12.6. The SMILES string of the molecule is CCC1(CCCOC(=C(C)C(=O)O)C23CC4CC(OCCCC5(CC)COC5)(CC(OCCCC5(CC)COC5)(C4)C2)C3)COC1. The van der Waals surface area contributed by atoms with E-state index < -0.39 is 5.97 Å². The molecule has 7 rings (SSSR count). The molecule has 3 saturated heterocycles. The van der Waals surface area contributed by atoms with Crippen molar-refractivity contribution in [2.45, 2.75) is 135 Å². The van der Waals surface area contributed by atoms with Gasteiger partial charge in [0.25, 0.3) is 0 Å². The number of aliphatic carboxylic acids is 1. The van der Waals surface area contributed by atoms with E-state index in [0.717, 1.165) is 149 Å². The molecular weight excluding hydrogens is 584 g/mol. The van der Waals surface area contributed by atoms with Crippen LogP contribution in [-0.2, 0) is 33.2 Å². The number of hydrogen-bond acceptors (Lipinski definition) is 7. The molecule has 4 bridgehead atoms. The summed E-state index contributed by atoms with van der Waals surface area (Å²) in [5, 5.41) is 10.3. The third kappa shape index (κ3) is 6.81. The van der Waals surface area contributed by atoms with Gasteiger partial charge in [-0.2, -0.15) is 0 Å². The second-order valence-electron chi connectivity index (χ2n) is 16.8. The lowest BCUT2D eigenvalue weighted by molar-refractivity contribution is -0.262. The summed E-state index contributed by atoms with van der Waals surface area (Å²) in [7, 11) is 0. The fourth-order valence-electron chi connectivity index (χ4n) is 10.4. The molecule has 0 aromatic rings. The number of carbonyl (C=O) groups is 1. The van der Waals surface area contributed by atoms with E-state index in [-0.39, 0.29) is 22.0 Å². The number of carboxylic acids is 1. The normalized spacial score (nSPS) is 35.1. The fourth-order valence-corrected chi connectivity index (χ4v) is 10.4. The summed E-state index contributed by atoms with van der Waals surface area (Å²) in [6, 6.07) is 0. The molecule has 4 saturated carbocycles. The van der Waals surface area contributed by atoms with Crippen LogP contribution in [0.3, 0.4) is 0 Å². The Kier molecular flexibility index (Phi) is 10.3. The first-order chi connectivity index (χ1) is 22.1. The Morgan fingerprint density at radius 3 is 1.48 bits per heavy atom. The molecule has 46 heavy (non-hydrogen) atoms. The minimum Gasteiger partial charge on any atom is -0.497 e. The van der Waals surface area contributed by atoms with Crippen LogP contribution in [0, 0.1) is 27.6 Å². The molecule has 7 aliphatic rings. The number of allylic oxidation sites excluding steroid dienone is 1. The van der Waals surface area contributed by atoms with E-state index in [2.05, 4.69) is 20.8 Å². The molecule has 8 heteroatoms. The van der Waals surface area contributed by atoms with Crippen LogP contribution in [0.25, 0.3) is 0 Å². The largest absolute Gasteiger partial charge is 0.497 e. The van der Waals surface area contributed by atoms with E-state index in [1.165, 1.54) is 0 Å². The van der Waals surface area contributed by atoms with Gasteiger partial charge in [-0.3, -0.25) is 0 Å². The van der Waals surface area contributed by atoms with Crippen LogP contribution in [-0.4, -0.2) is 81.7 Å². The Labute approximate surface area is 277 Å². The van der Waals surface area contributed by atoms with Gasteiger partial charge in [-0.15, -0.1) is 0 Å². The zero-order valence-electron chi connectivity index (χ0n) is 29.4. The molecule has 0 aromatic carbocycles. The van der Waals surface area contributed by atoms with Crippen LogP contribution < -0.4 is 0 Å². The van der Waals surface area contributed by atoms with Crippen LogP contribution in [0.4, 0.5) is 0 Å². The van der Waals surface area contributed by atoms with Crippen LogP contribution in [0.5, 0.6) is 0 Å². The molecule has 0 radical (unpaired) electrons. The molecule has 0 amide bonds. The lowest BCUT2D eigenvalue weighted by Crippen LogP contribution is -2.65. The van der Waals surface area contributed by atoms with E-state index in [9.17, 15) is 9.90 Å². The molecule has 8 nitrogen and oxygen atoms in total. The predicted octanol–water partition coefficient (Wildman–Crippen LogP) is 7.48. The highest BCUT2D eigenvalue weighted by atomic mass is 16.5. The zero-order chi connectivity index (χ0) is 32.5. The van der Waals surface area contributed by atoms with Crippen molar-refractivity contribution < 1.29 is 38.3 Å². The summed E-state index contributed by atoms with van der Waals surface area (Å²) in [5.74, 6) is 0.262. The van der Waals surface area contributed by atoms with Gasteiger partial charge in [0.2, 0.25) is 0 Å². The number of hydrogen-bond donors (Lipinski definition) is 1. The molecular formula is C38H62O8. The van der Waals surface area contributed by atoms with Gasteiger partial charge in [-0.05, 0) is 103 Å². The lowest BCUT2D eigenvalue weighted by atomic mass is 9.45. The van der Waals surface area contributed by atoms with Crippen LogP contribution in [0.1, 0.15) is 124 Å². The van der Waals surface area contributed by atoms with E-state index >= 15 is 0 Å². The topological polar surface area (TPSA) is 92.7 Å².